The zero-order chi connectivity index (χ0) is 22.6. The SMILES string of the molecule is Cc1c(N2C(=O)N(C)[C@]3(CCC[C@@H]3O[Si](C)(C)C(C)(C)C)C2=O)ccc(C#N)c1Cl. The van der Waals surface area contributed by atoms with E-state index in [9.17, 15) is 14.9 Å². The molecule has 0 N–H and O–H groups in total. The van der Waals surface area contributed by atoms with Crippen LogP contribution in [0.3, 0.4) is 0 Å². The predicted octanol–water partition coefficient (Wildman–Crippen LogP) is 5.23. The first-order valence-electron chi connectivity index (χ1n) is 10.3. The van der Waals surface area contributed by atoms with E-state index < -0.39 is 13.9 Å². The van der Waals surface area contributed by atoms with E-state index in [0.717, 1.165) is 12.8 Å². The van der Waals surface area contributed by atoms with E-state index in [1.165, 1.54) is 4.90 Å². The fourth-order valence-electron chi connectivity index (χ4n) is 4.23. The third kappa shape index (κ3) is 3.17. The molecule has 0 unspecified atom stereocenters. The highest BCUT2D eigenvalue weighted by Crippen LogP contribution is 2.48. The fraction of sp³-hybridized carbons (Fsp3) is 0.591. The van der Waals surface area contributed by atoms with Gasteiger partial charge in [-0.05, 0) is 62.0 Å². The van der Waals surface area contributed by atoms with Crippen LogP contribution in [0.1, 0.15) is 51.2 Å². The molecule has 6 nitrogen and oxygen atoms in total. The van der Waals surface area contributed by atoms with Gasteiger partial charge in [0.1, 0.15) is 11.6 Å². The molecule has 1 spiro atoms. The number of nitriles is 1. The highest BCUT2D eigenvalue weighted by atomic mass is 35.5. The summed E-state index contributed by atoms with van der Waals surface area (Å²) in [4.78, 5) is 29.9. The Hall–Kier alpha value is -1.88. The molecule has 0 aromatic heterocycles. The second kappa shape index (κ2) is 7.36. The van der Waals surface area contributed by atoms with E-state index >= 15 is 0 Å². The van der Waals surface area contributed by atoms with Crippen LogP contribution in [-0.4, -0.2) is 43.8 Å². The van der Waals surface area contributed by atoms with Crippen molar-refractivity contribution < 1.29 is 14.0 Å². The lowest BCUT2D eigenvalue weighted by Gasteiger charge is -2.43. The number of carbonyl (C=O) groups is 2. The van der Waals surface area contributed by atoms with Crippen LogP contribution < -0.4 is 4.90 Å². The number of rotatable bonds is 3. The van der Waals surface area contributed by atoms with Crippen LogP contribution in [0.25, 0.3) is 0 Å². The molecule has 2 aliphatic rings. The van der Waals surface area contributed by atoms with Crippen molar-refractivity contribution in [2.24, 2.45) is 0 Å². The minimum Gasteiger partial charge on any atom is -0.411 e. The molecule has 1 saturated heterocycles. The zero-order valence-electron chi connectivity index (χ0n) is 18.8. The standard InChI is InChI=1S/C22H30ClN3O3Si/c1-14-16(11-10-15(13-24)18(14)23)26-19(27)22(25(5)20(26)28)12-8-9-17(22)29-30(6,7)21(2,3)4/h10-11,17H,8-9,12H2,1-7H3/t17-,22-/m0/s1. The van der Waals surface area contributed by atoms with Gasteiger partial charge in [0.15, 0.2) is 8.32 Å². The van der Waals surface area contributed by atoms with Gasteiger partial charge in [0.25, 0.3) is 5.91 Å². The normalized spacial score (nSPS) is 24.8. The Morgan fingerprint density at radius 1 is 1.30 bits per heavy atom. The Morgan fingerprint density at radius 2 is 1.93 bits per heavy atom. The first-order chi connectivity index (χ1) is 13.8. The van der Waals surface area contributed by atoms with Crippen LogP contribution >= 0.6 is 11.6 Å². The van der Waals surface area contributed by atoms with Gasteiger partial charge >= 0.3 is 6.03 Å². The Bertz CT molecular complexity index is 950. The molecule has 162 valence electrons. The van der Waals surface area contributed by atoms with Crippen LogP contribution in [0, 0.1) is 18.3 Å². The van der Waals surface area contributed by atoms with Crippen LogP contribution in [0.5, 0.6) is 0 Å². The predicted molar refractivity (Wildman–Crippen MR) is 120 cm³/mol. The third-order valence-electron chi connectivity index (χ3n) is 7.17. The summed E-state index contributed by atoms with van der Waals surface area (Å²) >= 11 is 6.32. The molecule has 1 aliphatic carbocycles. The van der Waals surface area contributed by atoms with E-state index in [2.05, 4.69) is 33.9 Å². The maximum Gasteiger partial charge on any atom is 0.332 e. The number of likely N-dealkylation sites (N-methyl/N-ethyl adjacent to an activating group) is 1. The number of hydrogen-bond acceptors (Lipinski definition) is 4. The molecule has 3 rings (SSSR count). The second-order valence-corrected chi connectivity index (χ2v) is 15.0. The van der Waals surface area contributed by atoms with Crippen LogP contribution in [-0.2, 0) is 9.22 Å². The monoisotopic (exact) mass is 447 g/mol. The number of nitrogens with zero attached hydrogens (tertiary/aromatic N) is 3. The maximum absolute atomic E-state index is 13.8. The van der Waals surface area contributed by atoms with Crippen LogP contribution in [0.2, 0.25) is 23.2 Å². The Morgan fingerprint density at radius 3 is 2.50 bits per heavy atom. The molecule has 1 aliphatic heterocycles. The first-order valence-corrected chi connectivity index (χ1v) is 13.6. The van der Waals surface area contributed by atoms with Crippen molar-refractivity contribution in [3.8, 4) is 6.07 Å². The summed E-state index contributed by atoms with van der Waals surface area (Å²) in [5.41, 5.74) is 0.290. The minimum atomic E-state index is -2.14. The smallest absolute Gasteiger partial charge is 0.332 e. The molecular formula is C22H30ClN3O3Si. The van der Waals surface area contributed by atoms with Gasteiger partial charge in [-0.2, -0.15) is 5.26 Å². The summed E-state index contributed by atoms with van der Waals surface area (Å²) < 4.78 is 6.69. The van der Waals surface area contributed by atoms with Gasteiger partial charge in [-0.1, -0.05) is 32.4 Å². The number of hydrogen-bond donors (Lipinski definition) is 0. The number of halogens is 1. The minimum absolute atomic E-state index is 0.00205. The van der Waals surface area contributed by atoms with Crippen molar-refractivity contribution in [3.63, 3.8) is 0 Å². The molecule has 2 fully saturated rings. The number of urea groups is 1. The van der Waals surface area contributed by atoms with Crippen molar-refractivity contribution in [2.75, 3.05) is 11.9 Å². The van der Waals surface area contributed by atoms with Crippen molar-refractivity contribution in [1.29, 1.82) is 5.26 Å². The van der Waals surface area contributed by atoms with Gasteiger partial charge in [-0.3, -0.25) is 4.79 Å². The molecule has 8 heteroatoms. The number of imide groups is 1. The third-order valence-corrected chi connectivity index (χ3v) is 12.1. The van der Waals surface area contributed by atoms with Gasteiger partial charge in [0.2, 0.25) is 0 Å². The molecule has 30 heavy (non-hydrogen) atoms. The molecule has 1 saturated carbocycles. The molecule has 3 amide bonds. The quantitative estimate of drug-likeness (QED) is 0.469. The molecule has 1 aromatic carbocycles. The average molecular weight is 448 g/mol. The average Bonchev–Trinajstić information content (AvgIpc) is 3.14. The Kier molecular flexibility index (Phi) is 5.60. The molecule has 2 atom stereocenters. The summed E-state index contributed by atoms with van der Waals surface area (Å²) in [7, 11) is -0.455. The lowest BCUT2D eigenvalue weighted by Crippen LogP contribution is -2.58. The summed E-state index contributed by atoms with van der Waals surface area (Å²) in [5, 5.41) is 9.48. The molecular weight excluding hydrogens is 418 g/mol. The zero-order valence-corrected chi connectivity index (χ0v) is 20.6. The van der Waals surface area contributed by atoms with Crippen molar-refractivity contribution in [1.82, 2.24) is 4.90 Å². The summed E-state index contributed by atoms with van der Waals surface area (Å²) in [6.07, 6.45) is 1.81. The molecule has 1 heterocycles. The van der Waals surface area contributed by atoms with Gasteiger partial charge in [0.05, 0.1) is 22.4 Å². The van der Waals surface area contributed by atoms with Crippen molar-refractivity contribution in [3.05, 3.63) is 28.3 Å². The summed E-state index contributed by atoms with van der Waals surface area (Å²) in [6, 6.07) is 4.83. The molecule has 0 bridgehead atoms. The summed E-state index contributed by atoms with van der Waals surface area (Å²) in [6.45, 7) is 12.6. The van der Waals surface area contributed by atoms with Gasteiger partial charge < -0.3 is 9.33 Å². The highest BCUT2D eigenvalue weighted by Gasteiger charge is 2.64. The maximum atomic E-state index is 13.8. The lowest BCUT2D eigenvalue weighted by molar-refractivity contribution is -0.128. The van der Waals surface area contributed by atoms with E-state index in [1.54, 1.807) is 31.0 Å². The summed E-state index contributed by atoms with van der Waals surface area (Å²) in [5.74, 6) is -0.264. The number of benzene rings is 1. The van der Waals surface area contributed by atoms with E-state index in [-0.39, 0.29) is 28.1 Å². The Balaban J connectivity index is 2.05. The van der Waals surface area contributed by atoms with E-state index in [4.69, 9.17) is 16.0 Å². The van der Waals surface area contributed by atoms with Crippen molar-refractivity contribution in [2.45, 2.75) is 76.7 Å². The molecule has 1 aromatic rings. The number of carbonyl (C=O) groups excluding carboxylic acids is 2. The van der Waals surface area contributed by atoms with Crippen LogP contribution in [0.15, 0.2) is 12.1 Å². The van der Waals surface area contributed by atoms with E-state index in [0.29, 0.717) is 23.2 Å². The number of amides is 3. The largest absolute Gasteiger partial charge is 0.411 e. The Labute approximate surface area is 184 Å². The van der Waals surface area contributed by atoms with Gasteiger partial charge in [-0.25, -0.2) is 9.69 Å². The second-order valence-electron chi connectivity index (χ2n) is 9.85. The lowest BCUT2D eigenvalue weighted by atomic mass is 9.93. The first kappa shape index (κ1) is 22.8. The van der Waals surface area contributed by atoms with Gasteiger partial charge in [0, 0.05) is 7.05 Å². The van der Waals surface area contributed by atoms with Crippen molar-refractivity contribution >= 4 is 37.5 Å². The van der Waals surface area contributed by atoms with E-state index in [1.807, 2.05) is 6.07 Å². The fourth-order valence-corrected chi connectivity index (χ4v) is 5.81. The van der Waals surface area contributed by atoms with Gasteiger partial charge in [-0.15, -0.1) is 0 Å². The number of anilines is 1. The topological polar surface area (TPSA) is 73.6 Å². The van der Waals surface area contributed by atoms with Crippen LogP contribution in [0.4, 0.5) is 10.5 Å². The molecule has 0 radical (unpaired) electrons. The highest BCUT2D eigenvalue weighted by molar-refractivity contribution is 6.74.